The molecule has 2 heterocycles. The lowest BCUT2D eigenvalue weighted by molar-refractivity contribution is 0.0910. The van der Waals surface area contributed by atoms with Crippen molar-refractivity contribution >= 4 is 5.78 Å². The van der Waals surface area contributed by atoms with E-state index in [1.165, 1.54) is 0 Å². The summed E-state index contributed by atoms with van der Waals surface area (Å²) in [6, 6.07) is 1.91. The zero-order chi connectivity index (χ0) is 14.3. The van der Waals surface area contributed by atoms with Crippen molar-refractivity contribution in [2.45, 2.75) is 33.6 Å². The van der Waals surface area contributed by atoms with Gasteiger partial charge in [0.1, 0.15) is 0 Å². The molecule has 0 amide bonds. The summed E-state index contributed by atoms with van der Waals surface area (Å²) in [7, 11) is 0. The Morgan fingerprint density at radius 2 is 1.95 bits per heavy atom. The molecule has 1 aliphatic carbocycles. The van der Waals surface area contributed by atoms with E-state index in [4.69, 9.17) is 0 Å². The molecule has 0 radical (unpaired) electrons. The van der Waals surface area contributed by atoms with Crippen molar-refractivity contribution in [2.75, 3.05) is 0 Å². The number of hydrogen-bond donors (Lipinski definition) is 0. The van der Waals surface area contributed by atoms with Crippen LogP contribution in [0.4, 0.5) is 0 Å². The van der Waals surface area contributed by atoms with Crippen LogP contribution in [-0.4, -0.2) is 20.7 Å². The molecule has 0 fully saturated rings. The van der Waals surface area contributed by atoms with Crippen LogP contribution in [0.15, 0.2) is 24.7 Å². The Hall–Kier alpha value is -2.10. The number of rotatable bonds is 1. The molecular formula is C16H17N3O. The fraction of sp³-hybridized carbons (Fsp3) is 0.375. The number of ketones is 1. The van der Waals surface area contributed by atoms with E-state index in [1.807, 2.05) is 13.0 Å². The molecule has 0 aliphatic heterocycles. The second-order valence-electron chi connectivity index (χ2n) is 6.19. The van der Waals surface area contributed by atoms with E-state index in [2.05, 4.69) is 28.8 Å². The average Bonchev–Trinajstić information content (AvgIpc) is 2.37. The zero-order valence-electron chi connectivity index (χ0n) is 12.0. The number of Topliss-reactive ketones (excluding diaryl/α,β-unsaturated/α-hetero) is 1. The minimum atomic E-state index is -0.0248. The lowest BCUT2D eigenvalue weighted by Crippen LogP contribution is -2.28. The first-order valence-corrected chi connectivity index (χ1v) is 6.76. The smallest absolute Gasteiger partial charge is 0.166 e. The first-order valence-electron chi connectivity index (χ1n) is 6.76. The maximum absolute atomic E-state index is 12.1. The fourth-order valence-corrected chi connectivity index (χ4v) is 2.68. The number of hydrogen-bond acceptors (Lipinski definition) is 4. The summed E-state index contributed by atoms with van der Waals surface area (Å²) >= 11 is 0. The third kappa shape index (κ3) is 2.22. The molecule has 0 saturated carbocycles. The molecule has 4 nitrogen and oxygen atoms in total. The van der Waals surface area contributed by atoms with Gasteiger partial charge in [-0.25, -0.2) is 9.97 Å². The third-order valence-corrected chi connectivity index (χ3v) is 3.71. The predicted octanol–water partition coefficient (Wildman–Crippen LogP) is 3.00. The van der Waals surface area contributed by atoms with Gasteiger partial charge in [-0.3, -0.25) is 9.78 Å². The van der Waals surface area contributed by atoms with Gasteiger partial charge in [-0.05, 0) is 30.4 Å². The summed E-state index contributed by atoms with van der Waals surface area (Å²) in [4.78, 5) is 25.2. The van der Waals surface area contributed by atoms with Gasteiger partial charge < -0.3 is 0 Å². The maximum atomic E-state index is 12.1. The molecule has 0 saturated heterocycles. The van der Waals surface area contributed by atoms with E-state index < -0.39 is 0 Å². The predicted molar refractivity (Wildman–Crippen MR) is 76.4 cm³/mol. The highest BCUT2D eigenvalue weighted by Gasteiger charge is 2.32. The Bertz CT molecular complexity index is 692. The van der Waals surface area contributed by atoms with Crippen LogP contribution >= 0.6 is 0 Å². The van der Waals surface area contributed by atoms with Crippen molar-refractivity contribution in [1.29, 1.82) is 0 Å². The molecule has 1 aliphatic rings. The zero-order valence-corrected chi connectivity index (χ0v) is 12.0. The normalized spacial score (nSPS) is 16.9. The molecular weight excluding hydrogens is 250 g/mol. The molecule has 2 aromatic rings. The van der Waals surface area contributed by atoms with Gasteiger partial charge >= 0.3 is 0 Å². The van der Waals surface area contributed by atoms with Gasteiger partial charge in [-0.2, -0.15) is 0 Å². The number of carbonyl (C=O) groups excluding carboxylic acids is 1. The number of fused-ring (bicyclic) bond motifs is 1. The molecule has 0 N–H and O–H groups in total. The van der Waals surface area contributed by atoms with Gasteiger partial charge in [0.25, 0.3) is 0 Å². The standard InChI is InChI=1S/C16H17N3O/c1-10-8-17-5-4-11(10)15-18-9-12-13(19-15)6-16(2,3)7-14(12)20/h4-5,8-9H,6-7H2,1-3H3. The van der Waals surface area contributed by atoms with Gasteiger partial charge in [0.15, 0.2) is 11.6 Å². The summed E-state index contributed by atoms with van der Waals surface area (Å²) in [5.41, 5.74) is 3.53. The molecule has 0 aromatic carbocycles. The van der Waals surface area contributed by atoms with Gasteiger partial charge in [-0.15, -0.1) is 0 Å². The van der Waals surface area contributed by atoms with Crippen LogP contribution in [0.5, 0.6) is 0 Å². The first-order chi connectivity index (χ1) is 9.46. The van der Waals surface area contributed by atoms with Crippen LogP contribution in [0, 0.1) is 12.3 Å². The SMILES string of the molecule is Cc1cnccc1-c1ncc2c(n1)CC(C)(C)CC2=O. The Morgan fingerprint density at radius 1 is 1.15 bits per heavy atom. The van der Waals surface area contributed by atoms with E-state index in [-0.39, 0.29) is 11.2 Å². The van der Waals surface area contributed by atoms with Crippen LogP contribution in [0.1, 0.15) is 41.9 Å². The van der Waals surface area contributed by atoms with Crippen molar-refractivity contribution in [2.24, 2.45) is 5.41 Å². The Balaban J connectivity index is 2.10. The highest BCUT2D eigenvalue weighted by Crippen LogP contribution is 2.34. The lowest BCUT2D eigenvalue weighted by atomic mass is 9.76. The van der Waals surface area contributed by atoms with Crippen molar-refractivity contribution in [3.63, 3.8) is 0 Å². The molecule has 0 atom stereocenters. The second-order valence-corrected chi connectivity index (χ2v) is 6.19. The third-order valence-electron chi connectivity index (χ3n) is 3.71. The molecule has 102 valence electrons. The molecule has 0 spiro atoms. The highest BCUT2D eigenvalue weighted by molar-refractivity contribution is 5.98. The van der Waals surface area contributed by atoms with Crippen molar-refractivity contribution in [3.8, 4) is 11.4 Å². The van der Waals surface area contributed by atoms with Crippen molar-refractivity contribution in [3.05, 3.63) is 41.5 Å². The van der Waals surface area contributed by atoms with E-state index in [1.54, 1.807) is 18.6 Å². The minimum absolute atomic E-state index is 0.0248. The Kier molecular flexibility index (Phi) is 2.89. The number of nitrogens with zero attached hydrogens (tertiary/aromatic N) is 3. The van der Waals surface area contributed by atoms with Crippen molar-refractivity contribution in [1.82, 2.24) is 15.0 Å². The number of aromatic nitrogens is 3. The van der Waals surface area contributed by atoms with Gasteiger partial charge in [0.2, 0.25) is 0 Å². The van der Waals surface area contributed by atoms with E-state index in [9.17, 15) is 4.79 Å². The molecule has 0 unspecified atom stereocenters. The summed E-state index contributed by atoms with van der Waals surface area (Å²) in [5, 5.41) is 0. The van der Waals surface area contributed by atoms with E-state index >= 15 is 0 Å². The quantitative estimate of drug-likeness (QED) is 0.797. The first kappa shape index (κ1) is 12.9. The maximum Gasteiger partial charge on any atom is 0.166 e. The largest absolute Gasteiger partial charge is 0.294 e. The van der Waals surface area contributed by atoms with E-state index in [0.717, 1.165) is 23.2 Å². The molecule has 4 heteroatoms. The molecule has 0 bridgehead atoms. The van der Waals surface area contributed by atoms with E-state index in [0.29, 0.717) is 17.8 Å². The average molecular weight is 267 g/mol. The summed E-state index contributed by atoms with van der Waals surface area (Å²) in [6.45, 7) is 6.20. The van der Waals surface area contributed by atoms with Gasteiger partial charge in [-0.1, -0.05) is 13.8 Å². The number of carbonyl (C=O) groups is 1. The van der Waals surface area contributed by atoms with Crippen LogP contribution < -0.4 is 0 Å². The summed E-state index contributed by atoms with van der Waals surface area (Å²) < 4.78 is 0. The Labute approximate surface area is 118 Å². The van der Waals surface area contributed by atoms with Crippen LogP contribution in [0.25, 0.3) is 11.4 Å². The van der Waals surface area contributed by atoms with Crippen LogP contribution in [0.3, 0.4) is 0 Å². The molecule has 20 heavy (non-hydrogen) atoms. The summed E-state index contributed by atoms with van der Waals surface area (Å²) in [5.74, 6) is 0.823. The van der Waals surface area contributed by atoms with Crippen molar-refractivity contribution < 1.29 is 4.79 Å². The lowest BCUT2D eigenvalue weighted by Gasteiger charge is -2.29. The summed E-state index contributed by atoms with van der Waals surface area (Å²) in [6.07, 6.45) is 6.59. The fourth-order valence-electron chi connectivity index (χ4n) is 2.68. The number of aryl methyl sites for hydroxylation is 1. The van der Waals surface area contributed by atoms with Gasteiger partial charge in [0, 0.05) is 30.6 Å². The minimum Gasteiger partial charge on any atom is -0.294 e. The van der Waals surface area contributed by atoms with Crippen LogP contribution in [0.2, 0.25) is 0 Å². The molecule has 3 rings (SSSR count). The number of pyridine rings is 1. The van der Waals surface area contributed by atoms with Crippen LogP contribution in [-0.2, 0) is 6.42 Å². The Morgan fingerprint density at radius 3 is 2.70 bits per heavy atom. The highest BCUT2D eigenvalue weighted by atomic mass is 16.1. The second kappa shape index (κ2) is 4.47. The topological polar surface area (TPSA) is 55.7 Å². The molecule has 2 aromatic heterocycles. The monoisotopic (exact) mass is 267 g/mol. The van der Waals surface area contributed by atoms with Gasteiger partial charge in [0.05, 0.1) is 11.3 Å².